The molecule has 3 heteroatoms. The van der Waals surface area contributed by atoms with E-state index in [4.69, 9.17) is 11.6 Å². The van der Waals surface area contributed by atoms with E-state index in [1.807, 2.05) is 0 Å². The van der Waals surface area contributed by atoms with Crippen molar-refractivity contribution in [2.75, 3.05) is 5.32 Å². The first-order valence-corrected chi connectivity index (χ1v) is 6.34. The fourth-order valence-corrected chi connectivity index (χ4v) is 2.52. The minimum atomic E-state index is -0.274. The van der Waals surface area contributed by atoms with Crippen molar-refractivity contribution >= 4 is 17.3 Å². The number of nitrogens with one attached hydrogen (secondary N) is 1. The second-order valence-electron chi connectivity index (χ2n) is 4.49. The first-order chi connectivity index (χ1) is 7.74. The van der Waals surface area contributed by atoms with Gasteiger partial charge in [-0.1, -0.05) is 37.3 Å². The van der Waals surface area contributed by atoms with Gasteiger partial charge in [0, 0.05) is 16.8 Å². The molecule has 0 heterocycles. The number of halogens is 2. The molecule has 1 fully saturated rings. The molecule has 0 saturated heterocycles. The van der Waals surface area contributed by atoms with Crippen LogP contribution in [0.25, 0.3) is 0 Å². The topological polar surface area (TPSA) is 12.0 Å². The van der Waals surface area contributed by atoms with E-state index in [2.05, 4.69) is 5.32 Å². The van der Waals surface area contributed by atoms with Crippen LogP contribution in [0.4, 0.5) is 10.1 Å². The Bertz CT molecular complexity index is 326. The molecule has 0 radical (unpaired) electrons. The van der Waals surface area contributed by atoms with Gasteiger partial charge < -0.3 is 5.32 Å². The molecule has 1 aliphatic rings. The van der Waals surface area contributed by atoms with Crippen molar-refractivity contribution in [2.24, 2.45) is 0 Å². The molecule has 0 unspecified atom stereocenters. The van der Waals surface area contributed by atoms with Gasteiger partial charge in [0.1, 0.15) is 5.82 Å². The van der Waals surface area contributed by atoms with Gasteiger partial charge in [-0.15, -0.1) is 0 Å². The molecule has 1 saturated carbocycles. The molecule has 1 aliphatic carbocycles. The van der Waals surface area contributed by atoms with Gasteiger partial charge in [0.2, 0.25) is 0 Å². The molecule has 0 atom stereocenters. The van der Waals surface area contributed by atoms with Crippen LogP contribution in [0.5, 0.6) is 0 Å². The second kappa shape index (κ2) is 5.53. The van der Waals surface area contributed by atoms with Gasteiger partial charge in [-0.2, -0.15) is 0 Å². The van der Waals surface area contributed by atoms with Crippen LogP contribution in [-0.4, -0.2) is 6.04 Å². The van der Waals surface area contributed by atoms with Crippen molar-refractivity contribution in [3.63, 3.8) is 0 Å². The van der Waals surface area contributed by atoms with Gasteiger partial charge in [-0.25, -0.2) is 4.39 Å². The lowest BCUT2D eigenvalue weighted by Crippen LogP contribution is -2.18. The molecular weight excluding hydrogens is 225 g/mol. The molecule has 16 heavy (non-hydrogen) atoms. The molecular formula is C13H17ClFN. The Morgan fingerprint density at radius 3 is 2.38 bits per heavy atom. The number of anilines is 1. The van der Waals surface area contributed by atoms with Gasteiger partial charge in [0.25, 0.3) is 0 Å². The van der Waals surface area contributed by atoms with Gasteiger partial charge in [0.15, 0.2) is 0 Å². The summed E-state index contributed by atoms with van der Waals surface area (Å²) in [6.45, 7) is 0. The lowest BCUT2D eigenvalue weighted by Gasteiger charge is -2.17. The van der Waals surface area contributed by atoms with E-state index >= 15 is 0 Å². The van der Waals surface area contributed by atoms with Crippen molar-refractivity contribution in [3.8, 4) is 0 Å². The Kier molecular flexibility index (Phi) is 4.05. The van der Waals surface area contributed by atoms with Crippen molar-refractivity contribution in [2.45, 2.75) is 44.6 Å². The maximum Gasteiger partial charge on any atom is 0.126 e. The van der Waals surface area contributed by atoms with E-state index in [0.717, 1.165) is 5.69 Å². The summed E-state index contributed by atoms with van der Waals surface area (Å²) in [6, 6.07) is 5.10. The molecule has 1 N–H and O–H groups in total. The van der Waals surface area contributed by atoms with Gasteiger partial charge in [-0.3, -0.25) is 0 Å². The lowest BCUT2D eigenvalue weighted by atomic mass is 10.1. The summed E-state index contributed by atoms with van der Waals surface area (Å²) in [7, 11) is 0. The SMILES string of the molecule is Fc1cc(Cl)cc(NC2CCCCCC2)c1. The number of rotatable bonds is 2. The molecule has 2 rings (SSSR count). The quantitative estimate of drug-likeness (QED) is 0.746. The van der Waals surface area contributed by atoms with Crippen LogP contribution in [0.3, 0.4) is 0 Å². The summed E-state index contributed by atoms with van der Waals surface area (Å²) in [4.78, 5) is 0. The van der Waals surface area contributed by atoms with Crippen LogP contribution in [-0.2, 0) is 0 Å². The van der Waals surface area contributed by atoms with Crippen molar-refractivity contribution in [1.29, 1.82) is 0 Å². The standard InChI is InChI=1S/C13H17ClFN/c14-10-7-11(15)9-13(8-10)16-12-5-3-1-2-4-6-12/h7-9,12,16H,1-6H2. The first-order valence-electron chi connectivity index (χ1n) is 5.97. The predicted molar refractivity (Wildman–Crippen MR) is 66.5 cm³/mol. The highest BCUT2D eigenvalue weighted by molar-refractivity contribution is 6.30. The number of hydrogen-bond donors (Lipinski definition) is 1. The van der Waals surface area contributed by atoms with E-state index in [0.29, 0.717) is 11.1 Å². The van der Waals surface area contributed by atoms with Crippen molar-refractivity contribution in [3.05, 3.63) is 29.0 Å². The van der Waals surface area contributed by atoms with Crippen molar-refractivity contribution < 1.29 is 4.39 Å². The Hall–Kier alpha value is -0.760. The van der Waals surface area contributed by atoms with Crippen molar-refractivity contribution in [1.82, 2.24) is 0 Å². The smallest absolute Gasteiger partial charge is 0.126 e. The zero-order chi connectivity index (χ0) is 11.4. The summed E-state index contributed by atoms with van der Waals surface area (Å²) in [5.74, 6) is -0.274. The summed E-state index contributed by atoms with van der Waals surface area (Å²) in [5.41, 5.74) is 0.803. The summed E-state index contributed by atoms with van der Waals surface area (Å²) >= 11 is 5.82. The predicted octanol–water partition coefficient (Wildman–Crippen LogP) is 4.61. The van der Waals surface area contributed by atoms with Crippen LogP contribution in [0, 0.1) is 5.82 Å². The normalized spacial score (nSPS) is 18.1. The van der Waals surface area contributed by atoms with E-state index in [-0.39, 0.29) is 5.82 Å². The number of benzene rings is 1. The number of hydrogen-bond acceptors (Lipinski definition) is 1. The minimum Gasteiger partial charge on any atom is -0.382 e. The Balaban J connectivity index is 2.01. The van der Waals surface area contributed by atoms with Crippen LogP contribution in [0.2, 0.25) is 5.02 Å². The summed E-state index contributed by atoms with van der Waals surface area (Å²) < 4.78 is 13.1. The van der Waals surface area contributed by atoms with E-state index in [1.165, 1.54) is 50.7 Å². The van der Waals surface area contributed by atoms with Crippen LogP contribution in [0.15, 0.2) is 18.2 Å². The van der Waals surface area contributed by atoms with Crippen LogP contribution >= 0.6 is 11.6 Å². The largest absolute Gasteiger partial charge is 0.382 e. The van der Waals surface area contributed by atoms with Gasteiger partial charge >= 0.3 is 0 Å². The van der Waals surface area contributed by atoms with Crippen LogP contribution < -0.4 is 5.32 Å². The molecule has 1 aromatic carbocycles. The average Bonchev–Trinajstić information content (AvgIpc) is 2.44. The molecule has 0 amide bonds. The average molecular weight is 242 g/mol. The summed E-state index contributed by atoms with van der Waals surface area (Å²) in [6.07, 6.45) is 7.52. The zero-order valence-corrected chi connectivity index (χ0v) is 10.1. The minimum absolute atomic E-state index is 0.274. The molecule has 0 bridgehead atoms. The fourth-order valence-electron chi connectivity index (χ4n) is 2.30. The Morgan fingerprint density at radius 2 is 1.75 bits per heavy atom. The van der Waals surface area contributed by atoms with E-state index < -0.39 is 0 Å². The molecule has 0 spiro atoms. The highest BCUT2D eigenvalue weighted by Gasteiger charge is 2.12. The monoisotopic (exact) mass is 241 g/mol. The fraction of sp³-hybridized carbons (Fsp3) is 0.538. The molecule has 0 aliphatic heterocycles. The summed E-state index contributed by atoms with van der Waals surface area (Å²) in [5, 5.41) is 3.83. The molecule has 0 aromatic heterocycles. The highest BCUT2D eigenvalue weighted by atomic mass is 35.5. The third-order valence-electron chi connectivity index (χ3n) is 3.09. The zero-order valence-electron chi connectivity index (χ0n) is 9.31. The first kappa shape index (κ1) is 11.7. The molecule has 1 aromatic rings. The third-order valence-corrected chi connectivity index (χ3v) is 3.31. The van der Waals surface area contributed by atoms with Gasteiger partial charge in [-0.05, 0) is 31.0 Å². The maximum absolute atomic E-state index is 13.1. The Labute approximate surface area is 101 Å². The van der Waals surface area contributed by atoms with Crippen LogP contribution in [0.1, 0.15) is 38.5 Å². The molecule has 88 valence electrons. The lowest BCUT2D eigenvalue weighted by molar-refractivity contribution is 0.613. The highest BCUT2D eigenvalue weighted by Crippen LogP contribution is 2.23. The maximum atomic E-state index is 13.1. The van der Waals surface area contributed by atoms with E-state index in [1.54, 1.807) is 6.07 Å². The van der Waals surface area contributed by atoms with E-state index in [9.17, 15) is 4.39 Å². The molecule has 1 nitrogen and oxygen atoms in total. The third kappa shape index (κ3) is 3.38. The Morgan fingerprint density at radius 1 is 1.06 bits per heavy atom. The van der Waals surface area contributed by atoms with Gasteiger partial charge in [0.05, 0.1) is 0 Å². The second-order valence-corrected chi connectivity index (χ2v) is 4.93.